The molecule has 0 unspecified atom stereocenters. The SMILES string of the molecule is CCNC(=O)[C@@H]1C[C@H](NC(=O)CCOC)CN1C(=O)c1cnc(C)nc1. The van der Waals surface area contributed by atoms with Crippen LogP contribution in [0.5, 0.6) is 0 Å². The minimum atomic E-state index is -0.642. The Kier molecular flexibility index (Phi) is 7.02. The van der Waals surface area contributed by atoms with E-state index < -0.39 is 6.04 Å². The fourth-order valence-corrected chi connectivity index (χ4v) is 2.87. The van der Waals surface area contributed by atoms with Gasteiger partial charge in [0, 0.05) is 45.1 Å². The Morgan fingerprint density at radius 3 is 2.62 bits per heavy atom. The third kappa shape index (κ3) is 4.98. The van der Waals surface area contributed by atoms with E-state index in [0.717, 1.165) is 0 Å². The lowest BCUT2D eigenvalue weighted by Crippen LogP contribution is -2.46. The van der Waals surface area contributed by atoms with Crippen molar-refractivity contribution in [3.63, 3.8) is 0 Å². The standard InChI is InChI=1S/C17H25N5O4/c1-4-18-16(24)14-7-13(21-15(23)5-6-26-3)10-22(14)17(25)12-8-19-11(2)20-9-12/h8-9,13-14H,4-7,10H2,1-3H3,(H,18,24)(H,21,23)/t13-,14-/m0/s1. The maximum absolute atomic E-state index is 12.8. The summed E-state index contributed by atoms with van der Waals surface area (Å²) in [6.45, 7) is 4.59. The van der Waals surface area contributed by atoms with Crippen LogP contribution in [0.2, 0.25) is 0 Å². The first-order chi connectivity index (χ1) is 12.5. The molecule has 1 saturated heterocycles. The van der Waals surface area contributed by atoms with Crippen LogP contribution in [0.25, 0.3) is 0 Å². The lowest BCUT2D eigenvalue weighted by atomic mass is 10.1. The highest BCUT2D eigenvalue weighted by Crippen LogP contribution is 2.21. The van der Waals surface area contributed by atoms with Gasteiger partial charge in [-0.15, -0.1) is 0 Å². The summed E-state index contributed by atoms with van der Waals surface area (Å²) in [5.41, 5.74) is 0.316. The molecule has 0 spiro atoms. The summed E-state index contributed by atoms with van der Waals surface area (Å²) in [4.78, 5) is 46.7. The van der Waals surface area contributed by atoms with Gasteiger partial charge in [-0.05, 0) is 20.3 Å². The molecule has 9 heteroatoms. The number of ether oxygens (including phenoxy) is 1. The number of carbonyl (C=O) groups is 3. The minimum absolute atomic E-state index is 0.167. The Labute approximate surface area is 152 Å². The van der Waals surface area contributed by atoms with Gasteiger partial charge in [-0.1, -0.05) is 0 Å². The van der Waals surface area contributed by atoms with Crippen LogP contribution in [0, 0.1) is 6.92 Å². The summed E-state index contributed by atoms with van der Waals surface area (Å²) >= 11 is 0. The number of hydrogen-bond acceptors (Lipinski definition) is 6. The molecule has 2 atom stereocenters. The second kappa shape index (κ2) is 9.23. The predicted octanol–water partition coefficient (Wildman–Crippen LogP) is -0.343. The summed E-state index contributed by atoms with van der Waals surface area (Å²) in [5, 5.41) is 5.61. The molecule has 3 amide bonds. The third-order valence-corrected chi connectivity index (χ3v) is 4.14. The van der Waals surface area contributed by atoms with E-state index in [0.29, 0.717) is 31.0 Å². The van der Waals surface area contributed by atoms with Crippen molar-refractivity contribution in [3.8, 4) is 0 Å². The van der Waals surface area contributed by atoms with Gasteiger partial charge < -0.3 is 20.3 Å². The van der Waals surface area contributed by atoms with Gasteiger partial charge in [0.1, 0.15) is 11.9 Å². The first-order valence-electron chi connectivity index (χ1n) is 8.61. The molecule has 2 rings (SSSR count). The molecule has 0 aliphatic carbocycles. The fraction of sp³-hybridized carbons (Fsp3) is 0.588. The highest BCUT2D eigenvalue weighted by atomic mass is 16.5. The van der Waals surface area contributed by atoms with Crippen molar-refractivity contribution in [2.75, 3.05) is 26.8 Å². The first kappa shape index (κ1) is 19.8. The van der Waals surface area contributed by atoms with Crippen molar-refractivity contribution in [2.45, 2.75) is 38.8 Å². The molecule has 0 bridgehead atoms. The van der Waals surface area contributed by atoms with Crippen molar-refractivity contribution in [2.24, 2.45) is 0 Å². The molecule has 0 radical (unpaired) electrons. The van der Waals surface area contributed by atoms with Crippen LogP contribution in [0.4, 0.5) is 0 Å². The normalized spacial score (nSPS) is 19.3. The molecule has 142 valence electrons. The van der Waals surface area contributed by atoms with Crippen LogP contribution < -0.4 is 10.6 Å². The zero-order chi connectivity index (χ0) is 19.1. The van der Waals surface area contributed by atoms with Crippen LogP contribution in [0.15, 0.2) is 12.4 Å². The average molecular weight is 363 g/mol. The van der Waals surface area contributed by atoms with Crippen LogP contribution in [-0.4, -0.2) is 71.5 Å². The molecule has 2 heterocycles. The quantitative estimate of drug-likeness (QED) is 0.685. The monoisotopic (exact) mass is 363 g/mol. The van der Waals surface area contributed by atoms with E-state index in [1.807, 2.05) is 6.92 Å². The number of aryl methyl sites for hydroxylation is 1. The van der Waals surface area contributed by atoms with E-state index in [4.69, 9.17) is 4.74 Å². The second-order valence-electron chi connectivity index (χ2n) is 6.13. The Bertz CT molecular complexity index is 649. The van der Waals surface area contributed by atoms with Crippen molar-refractivity contribution in [1.29, 1.82) is 0 Å². The molecule has 0 aromatic carbocycles. The summed E-state index contributed by atoms with van der Waals surface area (Å²) in [6.07, 6.45) is 3.50. The zero-order valence-electron chi connectivity index (χ0n) is 15.3. The first-order valence-corrected chi connectivity index (χ1v) is 8.61. The van der Waals surface area contributed by atoms with E-state index in [1.165, 1.54) is 24.4 Å². The fourth-order valence-electron chi connectivity index (χ4n) is 2.87. The largest absolute Gasteiger partial charge is 0.384 e. The smallest absolute Gasteiger partial charge is 0.257 e. The number of amides is 3. The predicted molar refractivity (Wildman–Crippen MR) is 93.3 cm³/mol. The zero-order valence-corrected chi connectivity index (χ0v) is 15.3. The van der Waals surface area contributed by atoms with Gasteiger partial charge in [0.25, 0.3) is 5.91 Å². The maximum atomic E-state index is 12.8. The number of likely N-dealkylation sites (N-methyl/N-ethyl adjacent to an activating group) is 1. The number of methoxy groups -OCH3 is 1. The van der Waals surface area contributed by atoms with E-state index in [9.17, 15) is 14.4 Å². The van der Waals surface area contributed by atoms with Gasteiger partial charge in [-0.3, -0.25) is 14.4 Å². The molecule has 1 aliphatic rings. The minimum Gasteiger partial charge on any atom is -0.384 e. The van der Waals surface area contributed by atoms with Gasteiger partial charge in [0.05, 0.1) is 12.2 Å². The average Bonchev–Trinajstić information content (AvgIpc) is 3.04. The molecule has 2 N–H and O–H groups in total. The molecular formula is C17H25N5O4. The summed E-state index contributed by atoms with van der Waals surface area (Å²) in [6, 6.07) is -0.932. The summed E-state index contributed by atoms with van der Waals surface area (Å²) < 4.78 is 4.89. The molecule has 1 aromatic rings. The number of nitrogens with one attached hydrogen (secondary N) is 2. The third-order valence-electron chi connectivity index (χ3n) is 4.14. The van der Waals surface area contributed by atoms with Crippen molar-refractivity contribution in [3.05, 3.63) is 23.8 Å². The highest BCUT2D eigenvalue weighted by molar-refractivity contribution is 5.97. The van der Waals surface area contributed by atoms with Crippen LogP contribution in [-0.2, 0) is 14.3 Å². The van der Waals surface area contributed by atoms with E-state index in [2.05, 4.69) is 20.6 Å². The van der Waals surface area contributed by atoms with E-state index in [1.54, 1.807) is 6.92 Å². The van der Waals surface area contributed by atoms with Gasteiger partial charge in [-0.25, -0.2) is 9.97 Å². The molecule has 0 saturated carbocycles. The number of likely N-dealkylation sites (tertiary alicyclic amines) is 1. The number of carbonyl (C=O) groups excluding carboxylic acids is 3. The van der Waals surface area contributed by atoms with Gasteiger partial charge in [0.15, 0.2) is 0 Å². The van der Waals surface area contributed by atoms with Crippen molar-refractivity contribution < 1.29 is 19.1 Å². The number of hydrogen-bond donors (Lipinski definition) is 2. The van der Waals surface area contributed by atoms with Gasteiger partial charge in [-0.2, -0.15) is 0 Å². The Morgan fingerprint density at radius 1 is 1.31 bits per heavy atom. The highest BCUT2D eigenvalue weighted by Gasteiger charge is 2.40. The molecule has 1 aliphatic heterocycles. The maximum Gasteiger partial charge on any atom is 0.257 e. The molecule has 1 aromatic heterocycles. The van der Waals surface area contributed by atoms with Gasteiger partial charge >= 0.3 is 0 Å². The molecule has 9 nitrogen and oxygen atoms in total. The Balaban J connectivity index is 2.12. The number of rotatable bonds is 7. The lowest BCUT2D eigenvalue weighted by Gasteiger charge is -2.23. The van der Waals surface area contributed by atoms with E-state index >= 15 is 0 Å². The van der Waals surface area contributed by atoms with Gasteiger partial charge in [0.2, 0.25) is 11.8 Å². The van der Waals surface area contributed by atoms with E-state index in [-0.39, 0.29) is 36.7 Å². The molecule has 26 heavy (non-hydrogen) atoms. The van der Waals surface area contributed by atoms with Crippen LogP contribution >= 0.6 is 0 Å². The second-order valence-corrected chi connectivity index (χ2v) is 6.13. The topological polar surface area (TPSA) is 114 Å². The van der Waals surface area contributed by atoms with Crippen LogP contribution in [0.1, 0.15) is 35.9 Å². The van der Waals surface area contributed by atoms with Crippen LogP contribution in [0.3, 0.4) is 0 Å². The number of aromatic nitrogens is 2. The molecule has 1 fully saturated rings. The lowest BCUT2D eigenvalue weighted by molar-refractivity contribution is -0.125. The summed E-state index contributed by atoms with van der Waals surface area (Å²) in [5.74, 6) is -0.164. The van der Waals surface area contributed by atoms with Crippen molar-refractivity contribution >= 4 is 17.7 Å². The summed E-state index contributed by atoms with van der Waals surface area (Å²) in [7, 11) is 1.53. The number of nitrogens with zero attached hydrogens (tertiary/aromatic N) is 3. The molecular weight excluding hydrogens is 338 g/mol. The Morgan fingerprint density at radius 2 is 2.00 bits per heavy atom. The van der Waals surface area contributed by atoms with Crippen molar-refractivity contribution in [1.82, 2.24) is 25.5 Å². The Hall–Kier alpha value is -2.55.